The van der Waals surface area contributed by atoms with Gasteiger partial charge in [-0.2, -0.15) is 0 Å². The van der Waals surface area contributed by atoms with Gasteiger partial charge in [-0.3, -0.25) is 4.72 Å². The predicted molar refractivity (Wildman–Crippen MR) is 76.0 cm³/mol. The van der Waals surface area contributed by atoms with E-state index < -0.39 is 10.0 Å². The van der Waals surface area contributed by atoms with Crippen molar-refractivity contribution in [2.75, 3.05) is 4.72 Å². The minimum Gasteiger partial charge on any atom is -0.263 e. The van der Waals surface area contributed by atoms with Crippen LogP contribution >= 0.6 is 11.6 Å². The van der Waals surface area contributed by atoms with Crippen LogP contribution in [-0.4, -0.2) is 13.4 Å². The minimum absolute atomic E-state index is 0.201. The van der Waals surface area contributed by atoms with Crippen LogP contribution in [-0.2, 0) is 10.0 Å². The highest BCUT2D eigenvalue weighted by atomic mass is 35.5. The molecule has 2 rings (SSSR count). The lowest BCUT2D eigenvalue weighted by atomic mass is 10.2. The lowest BCUT2D eigenvalue weighted by molar-refractivity contribution is 0.600. The lowest BCUT2D eigenvalue weighted by Crippen LogP contribution is -2.15. The highest BCUT2D eigenvalue weighted by molar-refractivity contribution is 7.92. The molecule has 2 aromatic rings. The normalized spacial score (nSPS) is 11.3. The third-order valence-electron chi connectivity index (χ3n) is 2.58. The summed E-state index contributed by atoms with van der Waals surface area (Å²) >= 11 is 5.80. The molecular weight excluding hydrogens is 284 g/mol. The Morgan fingerprint density at radius 1 is 1.16 bits per heavy atom. The molecule has 6 heteroatoms. The van der Waals surface area contributed by atoms with Crippen molar-refractivity contribution in [1.82, 2.24) is 4.98 Å². The zero-order valence-corrected chi connectivity index (χ0v) is 12.1. The van der Waals surface area contributed by atoms with Crippen molar-refractivity contribution in [3.8, 4) is 0 Å². The summed E-state index contributed by atoms with van der Waals surface area (Å²) in [6, 6.07) is 8.20. The summed E-state index contributed by atoms with van der Waals surface area (Å²) in [4.78, 5) is 4.16. The third-order valence-corrected chi connectivity index (χ3v) is 4.33. The van der Waals surface area contributed by atoms with E-state index in [-0.39, 0.29) is 10.7 Å². The molecular formula is C13H13ClN2O2S. The number of halogens is 1. The maximum Gasteiger partial charge on any atom is 0.263 e. The second kappa shape index (κ2) is 5.19. The van der Waals surface area contributed by atoms with Crippen molar-refractivity contribution in [1.29, 1.82) is 0 Å². The van der Waals surface area contributed by atoms with Gasteiger partial charge in [0.1, 0.15) is 5.82 Å². The SMILES string of the molecule is Cc1ccc(S(=O)(=O)Nc2cc(Cl)ccn2)c(C)c1. The average Bonchev–Trinajstić information content (AvgIpc) is 2.27. The second-order valence-corrected chi connectivity index (χ2v) is 6.32. The van der Waals surface area contributed by atoms with Gasteiger partial charge in [-0.25, -0.2) is 13.4 Å². The fraction of sp³-hybridized carbons (Fsp3) is 0.154. The van der Waals surface area contributed by atoms with Crippen molar-refractivity contribution < 1.29 is 8.42 Å². The summed E-state index contributed by atoms with van der Waals surface area (Å²) in [6.07, 6.45) is 1.45. The number of anilines is 1. The standard InChI is InChI=1S/C13H13ClN2O2S/c1-9-3-4-12(10(2)7-9)19(17,18)16-13-8-11(14)5-6-15-13/h3-8H,1-2H3,(H,15,16). The minimum atomic E-state index is -3.65. The molecule has 0 aliphatic carbocycles. The topological polar surface area (TPSA) is 59.1 Å². The van der Waals surface area contributed by atoms with E-state index in [1.165, 1.54) is 12.3 Å². The summed E-state index contributed by atoms with van der Waals surface area (Å²) in [5, 5.41) is 0.424. The highest BCUT2D eigenvalue weighted by Crippen LogP contribution is 2.20. The largest absolute Gasteiger partial charge is 0.263 e. The number of sulfonamides is 1. The summed E-state index contributed by atoms with van der Waals surface area (Å²) < 4.78 is 26.9. The van der Waals surface area contributed by atoms with Crippen LogP contribution in [0, 0.1) is 13.8 Å². The zero-order valence-electron chi connectivity index (χ0n) is 10.5. The molecule has 0 saturated carbocycles. The molecule has 4 nitrogen and oxygen atoms in total. The molecule has 0 fully saturated rings. The Labute approximate surface area is 117 Å². The molecule has 100 valence electrons. The van der Waals surface area contributed by atoms with Crippen LogP contribution in [0.1, 0.15) is 11.1 Å². The van der Waals surface area contributed by atoms with Gasteiger partial charge >= 0.3 is 0 Å². The molecule has 0 bridgehead atoms. The third kappa shape index (κ3) is 3.24. The molecule has 0 aliphatic rings. The van der Waals surface area contributed by atoms with Crippen molar-refractivity contribution in [2.24, 2.45) is 0 Å². The first-order chi connectivity index (χ1) is 8.88. The van der Waals surface area contributed by atoms with Crippen molar-refractivity contribution >= 4 is 27.4 Å². The fourth-order valence-electron chi connectivity index (χ4n) is 1.75. The van der Waals surface area contributed by atoms with Gasteiger partial charge in [0.2, 0.25) is 0 Å². The van der Waals surface area contributed by atoms with E-state index in [4.69, 9.17) is 11.6 Å². The summed E-state index contributed by atoms with van der Waals surface area (Å²) in [5.41, 5.74) is 1.70. The van der Waals surface area contributed by atoms with E-state index in [1.54, 1.807) is 25.1 Å². The van der Waals surface area contributed by atoms with Crippen LogP contribution in [0.25, 0.3) is 0 Å². The van der Waals surface area contributed by atoms with E-state index in [0.717, 1.165) is 5.56 Å². The molecule has 1 aromatic carbocycles. The summed E-state index contributed by atoms with van der Waals surface area (Å²) in [5.74, 6) is 0.201. The van der Waals surface area contributed by atoms with Gasteiger partial charge in [0, 0.05) is 17.3 Å². The van der Waals surface area contributed by atoms with Crippen LogP contribution < -0.4 is 4.72 Å². The van der Waals surface area contributed by atoms with Crippen LogP contribution in [0.4, 0.5) is 5.82 Å². The number of nitrogens with one attached hydrogen (secondary N) is 1. The molecule has 0 amide bonds. The maximum atomic E-state index is 12.3. The Hall–Kier alpha value is -1.59. The Morgan fingerprint density at radius 2 is 1.89 bits per heavy atom. The second-order valence-electron chi connectivity index (χ2n) is 4.23. The van der Waals surface area contributed by atoms with Crippen LogP contribution in [0.15, 0.2) is 41.4 Å². The molecule has 1 aromatic heterocycles. The Bertz CT molecular complexity index is 714. The predicted octanol–water partition coefficient (Wildman–Crippen LogP) is 3.15. The molecule has 0 radical (unpaired) electrons. The number of hydrogen-bond donors (Lipinski definition) is 1. The van der Waals surface area contributed by atoms with Crippen molar-refractivity contribution in [3.05, 3.63) is 52.7 Å². The van der Waals surface area contributed by atoms with E-state index in [2.05, 4.69) is 9.71 Å². The quantitative estimate of drug-likeness (QED) is 0.946. The van der Waals surface area contributed by atoms with Gasteiger partial charge in [-0.05, 0) is 31.5 Å². The van der Waals surface area contributed by atoms with E-state index >= 15 is 0 Å². The highest BCUT2D eigenvalue weighted by Gasteiger charge is 2.17. The van der Waals surface area contributed by atoms with E-state index in [0.29, 0.717) is 10.6 Å². The molecule has 1 N–H and O–H groups in total. The molecule has 0 spiro atoms. The fourth-order valence-corrected chi connectivity index (χ4v) is 3.14. The first kappa shape index (κ1) is 13.8. The molecule has 0 aliphatic heterocycles. The van der Waals surface area contributed by atoms with Gasteiger partial charge in [-0.15, -0.1) is 0 Å². The number of hydrogen-bond acceptors (Lipinski definition) is 3. The number of aromatic nitrogens is 1. The number of pyridine rings is 1. The first-order valence-electron chi connectivity index (χ1n) is 5.60. The van der Waals surface area contributed by atoms with E-state index in [9.17, 15) is 8.42 Å². The smallest absolute Gasteiger partial charge is 0.263 e. The Kier molecular flexibility index (Phi) is 3.78. The summed E-state index contributed by atoms with van der Waals surface area (Å²) in [6.45, 7) is 3.67. The van der Waals surface area contributed by atoms with Crippen molar-refractivity contribution in [3.63, 3.8) is 0 Å². The first-order valence-corrected chi connectivity index (χ1v) is 7.46. The zero-order chi connectivity index (χ0) is 14.0. The number of aryl methyl sites for hydroxylation is 2. The average molecular weight is 297 g/mol. The summed E-state index contributed by atoms with van der Waals surface area (Å²) in [7, 11) is -3.65. The van der Waals surface area contributed by atoms with Gasteiger partial charge in [0.25, 0.3) is 10.0 Å². The van der Waals surface area contributed by atoms with Crippen LogP contribution in [0.5, 0.6) is 0 Å². The molecule has 19 heavy (non-hydrogen) atoms. The number of nitrogens with zero attached hydrogens (tertiary/aromatic N) is 1. The van der Waals surface area contributed by atoms with E-state index in [1.807, 2.05) is 13.0 Å². The van der Waals surface area contributed by atoms with Crippen LogP contribution in [0.3, 0.4) is 0 Å². The molecule has 0 saturated heterocycles. The number of rotatable bonds is 3. The number of benzene rings is 1. The lowest BCUT2D eigenvalue weighted by Gasteiger charge is -2.10. The van der Waals surface area contributed by atoms with Crippen molar-refractivity contribution in [2.45, 2.75) is 18.7 Å². The molecule has 1 heterocycles. The van der Waals surface area contributed by atoms with Gasteiger partial charge in [0.05, 0.1) is 4.90 Å². The Balaban J connectivity index is 2.38. The maximum absolute atomic E-state index is 12.3. The Morgan fingerprint density at radius 3 is 2.53 bits per heavy atom. The van der Waals surface area contributed by atoms with Gasteiger partial charge in [0.15, 0.2) is 0 Å². The van der Waals surface area contributed by atoms with Crippen LogP contribution in [0.2, 0.25) is 5.02 Å². The monoisotopic (exact) mass is 296 g/mol. The molecule has 0 atom stereocenters. The van der Waals surface area contributed by atoms with Gasteiger partial charge in [-0.1, -0.05) is 29.3 Å². The molecule has 0 unspecified atom stereocenters. The van der Waals surface area contributed by atoms with Gasteiger partial charge < -0.3 is 0 Å².